The van der Waals surface area contributed by atoms with Crippen molar-refractivity contribution >= 4 is 11.6 Å². The molecule has 0 spiro atoms. The lowest BCUT2D eigenvalue weighted by atomic mass is 10.1. The fourth-order valence-corrected chi connectivity index (χ4v) is 2.56. The van der Waals surface area contributed by atoms with Gasteiger partial charge in [0.05, 0.1) is 5.02 Å². The Morgan fingerprint density at radius 1 is 1.22 bits per heavy atom. The molecule has 0 unspecified atom stereocenters. The molecule has 0 saturated carbocycles. The molecule has 1 aromatic rings. The van der Waals surface area contributed by atoms with Gasteiger partial charge in [-0.05, 0) is 19.9 Å². The molecule has 1 fully saturated rings. The molecule has 18 heavy (non-hydrogen) atoms. The standard InChI is InChI=1S/C14H21ClN2O/c1-11(2)17-8-6-16(7-9-17)10-12-4-3-5-13(15)14(12)18/h3-5,11,18H,6-10H2,1-2H3. The van der Waals surface area contributed by atoms with Crippen LogP contribution in [-0.4, -0.2) is 47.1 Å². The van der Waals surface area contributed by atoms with Gasteiger partial charge in [0, 0.05) is 44.3 Å². The summed E-state index contributed by atoms with van der Waals surface area (Å²) in [6.45, 7) is 9.53. The first-order valence-corrected chi connectivity index (χ1v) is 6.88. The number of para-hydroxylation sites is 1. The molecule has 1 saturated heterocycles. The van der Waals surface area contributed by atoms with E-state index in [2.05, 4.69) is 23.6 Å². The van der Waals surface area contributed by atoms with Crippen LogP contribution in [0.2, 0.25) is 5.02 Å². The Hall–Kier alpha value is -0.770. The van der Waals surface area contributed by atoms with Crippen LogP contribution < -0.4 is 0 Å². The molecule has 0 aliphatic carbocycles. The van der Waals surface area contributed by atoms with Crippen molar-refractivity contribution in [3.05, 3.63) is 28.8 Å². The number of halogens is 1. The summed E-state index contributed by atoms with van der Waals surface area (Å²) in [5.41, 5.74) is 0.917. The van der Waals surface area contributed by atoms with Crippen molar-refractivity contribution in [2.75, 3.05) is 26.2 Å². The molecule has 1 aliphatic rings. The number of phenols is 1. The smallest absolute Gasteiger partial charge is 0.138 e. The number of hydrogen-bond acceptors (Lipinski definition) is 3. The Bertz CT molecular complexity index is 401. The molecule has 0 atom stereocenters. The fraction of sp³-hybridized carbons (Fsp3) is 0.571. The summed E-state index contributed by atoms with van der Waals surface area (Å²) in [5.74, 6) is 0.227. The largest absolute Gasteiger partial charge is 0.506 e. The summed E-state index contributed by atoms with van der Waals surface area (Å²) >= 11 is 5.92. The van der Waals surface area contributed by atoms with Gasteiger partial charge in [0.15, 0.2) is 0 Å². The minimum absolute atomic E-state index is 0.227. The van der Waals surface area contributed by atoms with E-state index in [0.29, 0.717) is 11.1 Å². The molecule has 0 aromatic heterocycles. The summed E-state index contributed by atoms with van der Waals surface area (Å²) in [4.78, 5) is 4.85. The Morgan fingerprint density at radius 2 is 1.89 bits per heavy atom. The molecular formula is C14H21ClN2O. The summed E-state index contributed by atoms with van der Waals surface area (Å²) in [6, 6.07) is 6.17. The first kappa shape index (κ1) is 13.7. The van der Waals surface area contributed by atoms with Crippen LogP contribution in [0.15, 0.2) is 18.2 Å². The van der Waals surface area contributed by atoms with Crippen molar-refractivity contribution in [1.82, 2.24) is 9.80 Å². The zero-order valence-corrected chi connectivity index (χ0v) is 11.8. The highest BCUT2D eigenvalue weighted by atomic mass is 35.5. The first-order valence-electron chi connectivity index (χ1n) is 6.50. The molecule has 3 nitrogen and oxygen atoms in total. The van der Waals surface area contributed by atoms with E-state index in [-0.39, 0.29) is 5.75 Å². The molecule has 100 valence electrons. The highest BCUT2D eigenvalue weighted by molar-refractivity contribution is 6.32. The van der Waals surface area contributed by atoms with Crippen molar-refractivity contribution < 1.29 is 5.11 Å². The highest BCUT2D eigenvalue weighted by Crippen LogP contribution is 2.28. The highest BCUT2D eigenvalue weighted by Gasteiger charge is 2.19. The van der Waals surface area contributed by atoms with Gasteiger partial charge in [-0.2, -0.15) is 0 Å². The molecule has 0 bridgehead atoms. The number of hydrogen-bond donors (Lipinski definition) is 1. The molecule has 2 rings (SSSR count). The van der Waals surface area contributed by atoms with E-state index >= 15 is 0 Å². The Kier molecular flexibility index (Phi) is 4.49. The number of phenolic OH excluding ortho intramolecular Hbond substituents is 1. The van der Waals surface area contributed by atoms with Crippen LogP contribution in [0.3, 0.4) is 0 Å². The topological polar surface area (TPSA) is 26.7 Å². The van der Waals surface area contributed by atoms with Gasteiger partial charge in [0.2, 0.25) is 0 Å². The lowest BCUT2D eigenvalue weighted by Gasteiger charge is -2.37. The second-order valence-corrected chi connectivity index (χ2v) is 5.56. The monoisotopic (exact) mass is 268 g/mol. The maximum absolute atomic E-state index is 9.90. The SMILES string of the molecule is CC(C)N1CCN(Cc2cccc(Cl)c2O)CC1. The number of aromatic hydroxyl groups is 1. The minimum atomic E-state index is 0.227. The van der Waals surface area contributed by atoms with Crippen LogP contribution in [0.1, 0.15) is 19.4 Å². The predicted octanol–water partition coefficient (Wildman–Crippen LogP) is 2.57. The van der Waals surface area contributed by atoms with Crippen LogP contribution in [0, 0.1) is 0 Å². The third-order valence-corrected chi connectivity index (χ3v) is 3.91. The maximum atomic E-state index is 9.90. The van der Waals surface area contributed by atoms with Gasteiger partial charge in [0.25, 0.3) is 0 Å². The minimum Gasteiger partial charge on any atom is -0.506 e. The van der Waals surface area contributed by atoms with Gasteiger partial charge in [-0.3, -0.25) is 9.80 Å². The second-order valence-electron chi connectivity index (χ2n) is 5.15. The van der Waals surface area contributed by atoms with E-state index < -0.39 is 0 Å². The number of rotatable bonds is 3. The molecule has 1 aliphatic heterocycles. The zero-order chi connectivity index (χ0) is 13.1. The second kappa shape index (κ2) is 5.91. The number of piperazine rings is 1. The normalized spacial score (nSPS) is 18.4. The van der Waals surface area contributed by atoms with E-state index in [1.807, 2.05) is 12.1 Å². The van der Waals surface area contributed by atoms with Crippen molar-refractivity contribution in [2.24, 2.45) is 0 Å². The van der Waals surface area contributed by atoms with Crippen molar-refractivity contribution in [2.45, 2.75) is 26.4 Å². The third-order valence-electron chi connectivity index (χ3n) is 3.60. The molecule has 0 radical (unpaired) electrons. The van der Waals surface area contributed by atoms with E-state index in [1.165, 1.54) is 0 Å². The number of benzene rings is 1. The van der Waals surface area contributed by atoms with Gasteiger partial charge in [-0.15, -0.1) is 0 Å². The van der Waals surface area contributed by atoms with E-state index in [4.69, 9.17) is 11.6 Å². The van der Waals surface area contributed by atoms with Gasteiger partial charge < -0.3 is 5.11 Å². The van der Waals surface area contributed by atoms with Crippen molar-refractivity contribution in [3.63, 3.8) is 0 Å². The average Bonchev–Trinajstić information content (AvgIpc) is 2.36. The molecular weight excluding hydrogens is 248 g/mol. The molecule has 1 N–H and O–H groups in total. The van der Waals surface area contributed by atoms with Gasteiger partial charge in [-0.1, -0.05) is 23.7 Å². The fourth-order valence-electron chi connectivity index (χ4n) is 2.37. The van der Waals surface area contributed by atoms with E-state index in [9.17, 15) is 5.11 Å². The summed E-state index contributed by atoms with van der Waals surface area (Å²) < 4.78 is 0. The van der Waals surface area contributed by atoms with Crippen LogP contribution in [0.4, 0.5) is 0 Å². The predicted molar refractivity (Wildman–Crippen MR) is 75.1 cm³/mol. The van der Waals surface area contributed by atoms with E-state index in [1.54, 1.807) is 6.07 Å². The van der Waals surface area contributed by atoms with Gasteiger partial charge in [0.1, 0.15) is 5.75 Å². The quantitative estimate of drug-likeness (QED) is 0.913. The van der Waals surface area contributed by atoms with Gasteiger partial charge >= 0.3 is 0 Å². The van der Waals surface area contributed by atoms with Crippen LogP contribution in [0.5, 0.6) is 5.75 Å². The Balaban J connectivity index is 1.94. The summed E-state index contributed by atoms with van der Waals surface area (Å²) in [7, 11) is 0. The number of nitrogens with zero attached hydrogens (tertiary/aromatic N) is 2. The third kappa shape index (κ3) is 3.16. The average molecular weight is 269 g/mol. The van der Waals surface area contributed by atoms with Crippen molar-refractivity contribution in [1.29, 1.82) is 0 Å². The Labute approximate surface area is 114 Å². The van der Waals surface area contributed by atoms with Crippen LogP contribution in [0.25, 0.3) is 0 Å². The van der Waals surface area contributed by atoms with Gasteiger partial charge in [-0.25, -0.2) is 0 Å². The lowest BCUT2D eigenvalue weighted by Crippen LogP contribution is -2.48. The molecule has 1 aromatic carbocycles. The summed E-state index contributed by atoms with van der Waals surface area (Å²) in [5, 5.41) is 10.3. The van der Waals surface area contributed by atoms with Crippen LogP contribution >= 0.6 is 11.6 Å². The molecule has 0 amide bonds. The summed E-state index contributed by atoms with van der Waals surface area (Å²) in [6.07, 6.45) is 0. The Morgan fingerprint density at radius 3 is 2.50 bits per heavy atom. The van der Waals surface area contributed by atoms with E-state index in [0.717, 1.165) is 38.3 Å². The zero-order valence-electron chi connectivity index (χ0n) is 11.1. The first-order chi connectivity index (χ1) is 8.58. The van der Waals surface area contributed by atoms with Crippen LogP contribution in [-0.2, 0) is 6.54 Å². The van der Waals surface area contributed by atoms with Crippen molar-refractivity contribution in [3.8, 4) is 5.75 Å². The molecule has 4 heteroatoms. The molecule has 1 heterocycles. The lowest BCUT2D eigenvalue weighted by molar-refractivity contribution is 0.103. The maximum Gasteiger partial charge on any atom is 0.138 e.